The fourth-order valence-electron chi connectivity index (χ4n) is 1.61. The first-order chi connectivity index (χ1) is 9.63. The van der Waals surface area contributed by atoms with Crippen LogP contribution in [0.3, 0.4) is 0 Å². The van der Waals surface area contributed by atoms with Gasteiger partial charge in [0.25, 0.3) is 5.91 Å². The molecule has 1 heterocycles. The summed E-state index contributed by atoms with van der Waals surface area (Å²) in [5.41, 5.74) is 0.609. The highest BCUT2D eigenvalue weighted by Gasteiger charge is 2.05. The van der Waals surface area contributed by atoms with Gasteiger partial charge in [0.15, 0.2) is 0 Å². The van der Waals surface area contributed by atoms with Crippen molar-refractivity contribution in [3.05, 3.63) is 23.9 Å². The van der Waals surface area contributed by atoms with Crippen LogP contribution < -0.4 is 10.6 Å². The molecule has 1 aromatic rings. The van der Waals surface area contributed by atoms with E-state index in [9.17, 15) is 4.79 Å². The molecule has 0 saturated heterocycles. The molecule has 0 fully saturated rings. The molecule has 5 heteroatoms. The summed E-state index contributed by atoms with van der Waals surface area (Å²) >= 11 is 0. The molecule has 0 unspecified atom stereocenters. The smallest absolute Gasteiger partial charge is 0.251 e. The highest BCUT2D eigenvalue weighted by Crippen LogP contribution is 2.06. The van der Waals surface area contributed by atoms with Crippen LogP contribution in [0, 0.1) is 5.92 Å². The molecule has 112 valence electrons. The zero-order valence-electron chi connectivity index (χ0n) is 12.6. The number of aromatic nitrogens is 1. The third kappa shape index (κ3) is 6.52. The topological polar surface area (TPSA) is 63.2 Å². The summed E-state index contributed by atoms with van der Waals surface area (Å²) in [6.07, 6.45) is 2.68. The number of carbonyl (C=O) groups excluding carboxylic acids is 1. The van der Waals surface area contributed by atoms with Gasteiger partial charge >= 0.3 is 0 Å². The van der Waals surface area contributed by atoms with Crippen LogP contribution in [0.1, 0.15) is 37.6 Å². The zero-order valence-corrected chi connectivity index (χ0v) is 12.6. The molecule has 1 amide bonds. The molecule has 20 heavy (non-hydrogen) atoms. The van der Waals surface area contributed by atoms with Crippen LogP contribution in [0.5, 0.6) is 0 Å². The van der Waals surface area contributed by atoms with Gasteiger partial charge in [0, 0.05) is 31.5 Å². The van der Waals surface area contributed by atoms with Crippen molar-refractivity contribution in [3.63, 3.8) is 0 Å². The molecular weight excluding hydrogens is 254 g/mol. The first-order valence-electron chi connectivity index (χ1n) is 7.19. The predicted molar refractivity (Wildman–Crippen MR) is 81.0 cm³/mol. The Morgan fingerprint density at radius 2 is 2.20 bits per heavy atom. The number of hydrogen-bond donors (Lipinski definition) is 2. The molecule has 0 aliphatic carbocycles. The van der Waals surface area contributed by atoms with Gasteiger partial charge in [-0.1, -0.05) is 13.8 Å². The summed E-state index contributed by atoms with van der Waals surface area (Å²) in [5.74, 6) is 1.26. The van der Waals surface area contributed by atoms with Crippen LogP contribution in [0.4, 0.5) is 5.82 Å². The summed E-state index contributed by atoms with van der Waals surface area (Å²) < 4.78 is 5.45. The molecule has 0 atom stereocenters. The summed E-state index contributed by atoms with van der Waals surface area (Å²) in [5, 5.41) is 5.92. The van der Waals surface area contributed by atoms with E-state index in [1.54, 1.807) is 18.3 Å². The van der Waals surface area contributed by atoms with Crippen LogP contribution in [0.15, 0.2) is 18.3 Å². The SMILES string of the molecule is CCNc1cc(C(=O)NCCOCCC(C)C)ccn1. The average Bonchev–Trinajstić information content (AvgIpc) is 2.43. The number of rotatable bonds is 9. The van der Waals surface area contributed by atoms with E-state index in [1.165, 1.54) is 0 Å². The molecule has 5 nitrogen and oxygen atoms in total. The molecule has 0 aliphatic rings. The number of ether oxygens (including phenoxy) is 1. The molecule has 0 aliphatic heterocycles. The lowest BCUT2D eigenvalue weighted by Gasteiger charge is -2.08. The predicted octanol–water partition coefficient (Wildman–Crippen LogP) is 2.31. The van der Waals surface area contributed by atoms with Crippen LogP contribution in [0.25, 0.3) is 0 Å². The van der Waals surface area contributed by atoms with E-state index >= 15 is 0 Å². The molecule has 0 spiro atoms. The lowest BCUT2D eigenvalue weighted by molar-refractivity contribution is 0.0906. The van der Waals surface area contributed by atoms with Gasteiger partial charge in [0.05, 0.1) is 6.61 Å². The first-order valence-corrected chi connectivity index (χ1v) is 7.19. The second kappa shape index (κ2) is 9.31. The lowest BCUT2D eigenvalue weighted by Crippen LogP contribution is -2.27. The van der Waals surface area contributed by atoms with Crippen LogP contribution in [-0.4, -0.2) is 37.2 Å². The third-order valence-electron chi connectivity index (χ3n) is 2.75. The minimum atomic E-state index is -0.0981. The maximum absolute atomic E-state index is 11.9. The number of amides is 1. The van der Waals surface area contributed by atoms with Crippen LogP contribution >= 0.6 is 0 Å². The fraction of sp³-hybridized carbons (Fsp3) is 0.600. The van der Waals surface area contributed by atoms with Crippen molar-refractivity contribution in [2.45, 2.75) is 27.2 Å². The first kappa shape index (κ1) is 16.4. The summed E-state index contributed by atoms with van der Waals surface area (Å²) in [6.45, 7) is 8.91. The largest absolute Gasteiger partial charge is 0.380 e. The monoisotopic (exact) mass is 279 g/mol. The Hall–Kier alpha value is -1.62. The summed E-state index contributed by atoms with van der Waals surface area (Å²) in [6, 6.07) is 3.45. The van der Waals surface area contributed by atoms with Gasteiger partial charge in [-0.15, -0.1) is 0 Å². The van der Waals surface area contributed by atoms with Gasteiger partial charge < -0.3 is 15.4 Å². The van der Waals surface area contributed by atoms with Gasteiger partial charge in [-0.25, -0.2) is 4.98 Å². The van der Waals surface area contributed by atoms with Crippen molar-refractivity contribution in [3.8, 4) is 0 Å². The minimum Gasteiger partial charge on any atom is -0.380 e. The number of nitrogens with zero attached hydrogens (tertiary/aromatic N) is 1. The quantitative estimate of drug-likeness (QED) is 0.681. The highest BCUT2D eigenvalue weighted by atomic mass is 16.5. The van der Waals surface area contributed by atoms with Crippen LogP contribution in [0.2, 0.25) is 0 Å². The van der Waals surface area contributed by atoms with Gasteiger partial charge in [-0.05, 0) is 31.4 Å². The fourth-order valence-corrected chi connectivity index (χ4v) is 1.61. The molecule has 0 aromatic carbocycles. The second-order valence-electron chi connectivity index (χ2n) is 5.01. The number of hydrogen-bond acceptors (Lipinski definition) is 4. The van der Waals surface area contributed by atoms with Gasteiger partial charge in [-0.3, -0.25) is 4.79 Å². The molecule has 0 bridgehead atoms. The standard InChI is InChI=1S/C15H25N3O2/c1-4-16-14-11-13(5-7-17-14)15(19)18-8-10-20-9-6-12(2)3/h5,7,11-12H,4,6,8-10H2,1-3H3,(H,16,17)(H,18,19). The minimum absolute atomic E-state index is 0.0981. The number of pyridine rings is 1. The summed E-state index contributed by atoms with van der Waals surface area (Å²) in [4.78, 5) is 16.1. The van der Waals surface area contributed by atoms with Gasteiger partial charge in [-0.2, -0.15) is 0 Å². The molecule has 1 rings (SSSR count). The number of anilines is 1. The number of carbonyl (C=O) groups is 1. The molecule has 2 N–H and O–H groups in total. The van der Waals surface area contributed by atoms with E-state index < -0.39 is 0 Å². The molecule has 0 saturated carbocycles. The second-order valence-corrected chi connectivity index (χ2v) is 5.01. The zero-order chi connectivity index (χ0) is 14.8. The Kier molecular flexibility index (Phi) is 7.65. The maximum atomic E-state index is 11.9. The Labute approximate surface area is 121 Å². The maximum Gasteiger partial charge on any atom is 0.251 e. The van der Waals surface area contributed by atoms with E-state index in [-0.39, 0.29) is 5.91 Å². The Morgan fingerprint density at radius 3 is 2.90 bits per heavy atom. The van der Waals surface area contributed by atoms with Gasteiger partial charge in [0.1, 0.15) is 5.82 Å². The molecule has 0 radical (unpaired) electrons. The van der Waals surface area contributed by atoms with Crippen molar-refractivity contribution >= 4 is 11.7 Å². The van der Waals surface area contributed by atoms with E-state index in [0.717, 1.165) is 19.6 Å². The van der Waals surface area contributed by atoms with E-state index in [4.69, 9.17) is 4.74 Å². The van der Waals surface area contributed by atoms with Crippen LogP contribution in [-0.2, 0) is 4.74 Å². The third-order valence-corrected chi connectivity index (χ3v) is 2.75. The molecule has 1 aromatic heterocycles. The Morgan fingerprint density at radius 1 is 1.40 bits per heavy atom. The van der Waals surface area contributed by atoms with E-state index in [1.807, 2.05) is 6.92 Å². The van der Waals surface area contributed by atoms with Gasteiger partial charge in [0.2, 0.25) is 0 Å². The van der Waals surface area contributed by atoms with Crippen molar-refractivity contribution in [2.75, 3.05) is 31.6 Å². The van der Waals surface area contributed by atoms with Crippen molar-refractivity contribution < 1.29 is 9.53 Å². The highest BCUT2D eigenvalue weighted by molar-refractivity contribution is 5.94. The molecular formula is C15H25N3O2. The Bertz CT molecular complexity index is 408. The van der Waals surface area contributed by atoms with E-state index in [0.29, 0.717) is 30.5 Å². The normalized spacial score (nSPS) is 10.6. The van der Waals surface area contributed by atoms with Crippen molar-refractivity contribution in [2.24, 2.45) is 5.92 Å². The number of nitrogens with one attached hydrogen (secondary N) is 2. The lowest BCUT2D eigenvalue weighted by atomic mass is 10.1. The average molecular weight is 279 g/mol. The Balaban J connectivity index is 2.27. The van der Waals surface area contributed by atoms with Crippen molar-refractivity contribution in [1.29, 1.82) is 0 Å². The summed E-state index contributed by atoms with van der Waals surface area (Å²) in [7, 11) is 0. The van der Waals surface area contributed by atoms with Crippen molar-refractivity contribution in [1.82, 2.24) is 10.3 Å². The van der Waals surface area contributed by atoms with E-state index in [2.05, 4.69) is 29.5 Å².